The zero-order chi connectivity index (χ0) is 13.1. The van der Waals surface area contributed by atoms with E-state index in [0.717, 1.165) is 19.5 Å². The predicted octanol–water partition coefficient (Wildman–Crippen LogP) is 4.01. The number of halogens is 2. The van der Waals surface area contributed by atoms with E-state index in [4.69, 9.17) is 27.9 Å². The van der Waals surface area contributed by atoms with Gasteiger partial charge in [-0.1, -0.05) is 37.0 Å². The van der Waals surface area contributed by atoms with Crippen molar-refractivity contribution in [3.63, 3.8) is 0 Å². The Labute approximate surface area is 119 Å². The molecule has 0 aliphatic carbocycles. The first-order valence-electron chi connectivity index (χ1n) is 6.40. The predicted molar refractivity (Wildman–Crippen MR) is 76.7 cm³/mol. The molecule has 1 aromatic carbocycles. The van der Waals surface area contributed by atoms with Crippen molar-refractivity contribution in [2.45, 2.75) is 26.4 Å². The summed E-state index contributed by atoms with van der Waals surface area (Å²) in [5, 5.41) is 4.66. The van der Waals surface area contributed by atoms with Crippen LogP contribution in [-0.2, 0) is 0 Å². The molecule has 0 radical (unpaired) electrons. The Morgan fingerprint density at radius 1 is 1.33 bits per heavy atom. The quantitative estimate of drug-likeness (QED) is 0.904. The highest BCUT2D eigenvalue weighted by Gasteiger charge is 2.29. The average Bonchev–Trinajstić information content (AvgIpc) is 2.83. The summed E-state index contributed by atoms with van der Waals surface area (Å²) < 4.78 is 6.12. The van der Waals surface area contributed by atoms with Crippen LogP contribution >= 0.6 is 23.2 Å². The number of hydrogen-bond acceptors (Lipinski definition) is 2. The summed E-state index contributed by atoms with van der Waals surface area (Å²) in [5.74, 6) is 1.68. The molecule has 0 amide bonds. The maximum atomic E-state index is 6.15. The molecular formula is C14H19Cl2NO. The van der Waals surface area contributed by atoms with E-state index in [1.807, 2.05) is 0 Å². The van der Waals surface area contributed by atoms with E-state index in [1.165, 1.54) is 0 Å². The third-order valence-corrected chi connectivity index (χ3v) is 3.92. The average molecular weight is 288 g/mol. The van der Waals surface area contributed by atoms with Gasteiger partial charge in [0, 0.05) is 23.6 Å². The van der Waals surface area contributed by atoms with Crippen LogP contribution in [0.25, 0.3) is 0 Å². The Hall–Kier alpha value is -0.440. The zero-order valence-corrected chi connectivity index (χ0v) is 12.3. The first-order chi connectivity index (χ1) is 8.58. The lowest BCUT2D eigenvalue weighted by atomic mass is 9.92. The summed E-state index contributed by atoms with van der Waals surface area (Å²) in [6.07, 6.45) is 1.33. The highest BCUT2D eigenvalue weighted by atomic mass is 35.5. The lowest BCUT2D eigenvalue weighted by Gasteiger charge is -2.28. The number of ether oxygens (including phenoxy) is 1. The van der Waals surface area contributed by atoms with Crippen LogP contribution in [0, 0.1) is 11.8 Å². The van der Waals surface area contributed by atoms with Crippen molar-refractivity contribution >= 4 is 23.2 Å². The van der Waals surface area contributed by atoms with Gasteiger partial charge in [0.2, 0.25) is 0 Å². The van der Waals surface area contributed by atoms with Crippen LogP contribution in [0.3, 0.4) is 0 Å². The van der Waals surface area contributed by atoms with Crippen molar-refractivity contribution in [2.24, 2.45) is 11.8 Å². The summed E-state index contributed by atoms with van der Waals surface area (Å²) in [5.41, 5.74) is 0. The SMILES string of the molecule is CC(C)[C@@H](Oc1cc(Cl)ccc1Cl)C1CCNC1. The van der Waals surface area contributed by atoms with Crippen molar-refractivity contribution in [3.05, 3.63) is 28.2 Å². The molecule has 1 aliphatic heterocycles. The van der Waals surface area contributed by atoms with E-state index in [1.54, 1.807) is 18.2 Å². The Balaban J connectivity index is 2.15. The highest BCUT2D eigenvalue weighted by Crippen LogP contribution is 2.32. The van der Waals surface area contributed by atoms with E-state index in [-0.39, 0.29) is 6.10 Å². The fourth-order valence-electron chi connectivity index (χ4n) is 2.45. The zero-order valence-electron chi connectivity index (χ0n) is 10.7. The summed E-state index contributed by atoms with van der Waals surface area (Å²) in [6.45, 7) is 6.45. The summed E-state index contributed by atoms with van der Waals surface area (Å²) in [7, 11) is 0. The molecule has 0 saturated carbocycles. The smallest absolute Gasteiger partial charge is 0.139 e. The molecule has 1 aliphatic rings. The second-order valence-electron chi connectivity index (χ2n) is 5.15. The Bertz CT molecular complexity index is 403. The molecular weight excluding hydrogens is 269 g/mol. The van der Waals surface area contributed by atoms with Gasteiger partial charge in [-0.05, 0) is 31.0 Å². The molecule has 1 N–H and O–H groups in total. The number of rotatable bonds is 4. The molecule has 0 bridgehead atoms. The molecule has 2 rings (SSSR count). The molecule has 1 unspecified atom stereocenters. The molecule has 2 nitrogen and oxygen atoms in total. The van der Waals surface area contributed by atoms with E-state index in [0.29, 0.717) is 27.6 Å². The second-order valence-corrected chi connectivity index (χ2v) is 6.00. The third kappa shape index (κ3) is 3.31. The summed E-state index contributed by atoms with van der Waals surface area (Å²) >= 11 is 12.1. The minimum Gasteiger partial charge on any atom is -0.488 e. The van der Waals surface area contributed by atoms with Crippen molar-refractivity contribution in [1.29, 1.82) is 0 Å². The monoisotopic (exact) mass is 287 g/mol. The fraction of sp³-hybridized carbons (Fsp3) is 0.571. The van der Waals surface area contributed by atoms with Crippen LogP contribution in [0.15, 0.2) is 18.2 Å². The van der Waals surface area contributed by atoms with Gasteiger partial charge in [0.15, 0.2) is 0 Å². The van der Waals surface area contributed by atoms with Gasteiger partial charge in [-0.2, -0.15) is 0 Å². The molecule has 100 valence electrons. The van der Waals surface area contributed by atoms with Crippen molar-refractivity contribution in [3.8, 4) is 5.75 Å². The Morgan fingerprint density at radius 2 is 2.11 bits per heavy atom. The summed E-state index contributed by atoms with van der Waals surface area (Å²) in [4.78, 5) is 0. The van der Waals surface area contributed by atoms with Crippen molar-refractivity contribution in [1.82, 2.24) is 5.32 Å². The van der Waals surface area contributed by atoms with Crippen LogP contribution < -0.4 is 10.1 Å². The lowest BCUT2D eigenvalue weighted by molar-refractivity contribution is 0.0975. The number of benzene rings is 1. The molecule has 1 aromatic rings. The molecule has 1 fully saturated rings. The van der Waals surface area contributed by atoms with Gasteiger partial charge in [0.1, 0.15) is 11.9 Å². The molecule has 4 heteroatoms. The first kappa shape index (κ1) is 14.0. The molecule has 1 saturated heterocycles. The van der Waals surface area contributed by atoms with Crippen LogP contribution in [-0.4, -0.2) is 19.2 Å². The van der Waals surface area contributed by atoms with Crippen molar-refractivity contribution in [2.75, 3.05) is 13.1 Å². The van der Waals surface area contributed by atoms with Gasteiger partial charge in [-0.25, -0.2) is 0 Å². The fourth-order valence-corrected chi connectivity index (χ4v) is 2.77. The first-order valence-corrected chi connectivity index (χ1v) is 7.16. The molecule has 0 aromatic heterocycles. The maximum absolute atomic E-state index is 6.15. The van der Waals surface area contributed by atoms with E-state index < -0.39 is 0 Å². The van der Waals surface area contributed by atoms with Gasteiger partial charge in [-0.15, -0.1) is 0 Å². The van der Waals surface area contributed by atoms with Gasteiger partial charge >= 0.3 is 0 Å². The van der Waals surface area contributed by atoms with Crippen LogP contribution in [0.5, 0.6) is 5.75 Å². The van der Waals surface area contributed by atoms with Gasteiger partial charge in [0.25, 0.3) is 0 Å². The third-order valence-electron chi connectivity index (χ3n) is 3.38. The minimum atomic E-state index is 0.177. The van der Waals surface area contributed by atoms with E-state index >= 15 is 0 Å². The Morgan fingerprint density at radius 3 is 2.72 bits per heavy atom. The topological polar surface area (TPSA) is 21.3 Å². The normalized spacial score (nSPS) is 21.3. The molecule has 18 heavy (non-hydrogen) atoms. The number of nitrogens with one attached hydrogen (secondary N) is 1. The van der Waals surface area contributed by atoms with Crippen LogP contribution in [0.4, 0.5) is 0 Å². The number of hydrogen-bond donors (Lipinski definition) is 1. The van der Waals surface area contributed by atoms with Crippen LogP contribution in [0.2, 0.25) is 10.0 Å². The summed E-state index contributed by atoms with van der Waals surface area (Å²) in [6, 6.07) is 5.35. The van der Waals surface area contributed by atoms with E-state index in [2.05, 4.69) is 19.2 Å². The molecule has 1 heterocycles. The highest BCUT2D eigenvalue weighted by molar-refractivity contribution is 6.34. The molecule has 2 atom stereocenters. The molecule has 0 spiro atoms. The maximum Gasteiger partial charge on any atom is 0.139 e. The standard InChI is InChI=1S/C14H19Cl2NO/c1-9(2)14(10-5-6-17-8-10)18-13-7-11(15)3-4-12(13)16/h3-4,7,9-10,14,17H,5-6,8H2,1-2H3/t10?,14-/m1/s1. The lowest BCUT2D eigenvalue weighted by Crippen LogP contribution is -2.33. The van der Waals surface area contributed by atoms with Gasteiger partial charge in [0.05, 0.1) is 5.02 Å². The van der Waals surface area contributed by atoms with Crippen LogP contribution in [0.1, 0.15) is 20.3 Å². The Kier molecular flexibility index (Phi) is 4.77. The van der Waals surface area contributed by atoms with Gasteiger partial charge in [-0.3, -0.25) is 0 Å². The largest absolute Gasteiger partial charge is 0.488 e. The van der Waals surface area contributed by atoms with Crippen molar-refractivity contribution < 1.29 is 4.74 Å². The second kappa shape index (κ2) is 6.14. The van der Waals surface area contributed by atoms with E-state index in [9.17, 15) is 0 Å². The minimum absolute atomic E-state index is 0.177. The van der Waals surface area contributed by atoms with Gasteiger partial charge < -0.3 is 10.1 Å².